The molecule has 1 aromatic heterocycles. The second kappa shape index (κ2) is 5.05. The largest absolute Gasteiger partial charge is 0.497 e. The third-order valence-corrected chi connectivity index (χ3v) is 2.91. The van der Waals surface area contributed by atoms with E-state index in [0.29, 0.717) is 17.1 Å². The molecule has 0 unspecified atom stereocenters. The molecular formula is C12H11BrN2O2. The fourth-order valence-electron chi connectivity index (χ4n) is 1.42. The SMILES string of the molecule is COc1cccc(NC(=O)c2[nH]ccc2Br)c1. The van der Waals surface area contributed by atoms with E-state index in [4.69, 9.17) is 4.74 Å². The zero-order chi connectivity index (χ0) is 12.3. The molecule has 0 saturated heterocycles. The smallest absolute Gasteiger partial charge is 0.273 e. The molecular weight excluding hydrogens is 284 g/mol. The number of carbonyl (C=O) groups is 1. The van der Waals surface area contributed by atoms with E-state index in [1.54, 1.807) is 31.5 Å². The lowest BCUT2D eigenvalue weighted by Crippen LogP contribution is -2.12. The van der Waals surface area contributed by atoms with Gasteiger partial charge in [0.1, 0.15) is 11.4 Å². The van der Waals surface area contributed by atoms with Crippen LogP contribution in [0.3, 0.4) is 0 Å². The monoisotopic (exact) mass is 294 g/mol. The van der Waals surface area contributed by atoms with E-state index in [2.05, 4.69) is 26.2 Å². The molecule has 0 aliphatic rings. The molecule has 0 fully saturated rings. The molecule has 0 bridgehead atoms. The Morgan fingerprint density at radius 2 is 2.24 bits per heavy atom. The van der Waals surface area contributed by atoms with E-state index in [9.17, 15) is 4.79 Å². The van der Waals surface area contributed by atoms with E-state index in [1.807, 2.05) is 12.1 Å². The highest BCUT2D eigenvalue weighted by Gasteiger charge is 2.11. The number of halogens is 1. The minimum Gasteiger partial charge on any atom is -0.497 e. The first-order valence-electron chi connectivity index (χ1n) is 4.99. The summed E-state index contributed by atoms with van der Waals surface area (Å²) >= 11 is 3.29. The van der Waals surface area contributed by atoms with Gasteiger partial charge in [-0.25, -0.2) is 0 Å². The maximum atomic E-state index is 11.9. The molecule has 1 heterocycles. The van der Waals surface area contributed by atoms with Gasteiger partial charge >= 0.3 is 0 Å². The number of H-pyrrole nitrogens is 1. The number of benzene rings is 1. The Morgan fingerprint density at radius 1 is 1.41 bits per heavy atom. The number of hydrogen-bond donors (Lipinski definition) is 2. The number of aromatic amines is 1. The normalized spacial score (nSPS) is 10.0. The molecule has 0 aliphatic heterocycles. The topological polar surface area (TPSA) is 54.1 Å². The number of carbonyl (C=O) groups excluding carboxylic acids is 1. The lowest BCUT2D eigenvalue weighted by molar-refractivity contribution is 0.102. The summed E-state index contributed by atoms with van der Waals surface area (Å²) < 4.78 is 5.82. The van der Waals surface area contributed by atoms with Crippen molar-refractivity contribution in [2.24, 2.45) is 0 Å². The van der Waals surface area contributed by atoms with Crippen molar-refractivity contribution in [2.75, 3.05) is 12.4 Å². The van der Waals surface area contributed by atoms with Gasteiger partial charge in [0.05, 0.1) is 7.11 Å². The van der Waals surface area contributed by atoms with Gasteiger partial charge in [0, 0.05) is 22.4 Å². The maximum Gasteiger partial charge on any atom is 0.273 e. The number of nitrogens with one attached hydrogen (secondary N) is 2. The van der Waals surface area contributed by atoms with Crippen molar-refractivity contribution in [1.29, 1.82) is 0 Å². The van der Waals surface area contributed by atoms with Crippen molar-refractivity contribution < 1.29 is 9.53 Å². The molecule has 2 N–H and O–H groups in total. The molecule has 88 valence electrons. The number of methoxy groups -OCH3 is 1. The zero-order valence-electron chi connectivity index (χ0n) is 9.16. The van der Waals surface area contributed by atoms with Crippen LogP contribution in [0.5, 0.6) is 5.75 Å². The van der Waals surface area contributed by atoms with E-state index < -0.39 is 0 Å². The zero-order valence-corrected chi connectivity index (χ0v) is 10.7. The Morgan fingerprint density at radius 3 is 2.88 bits per heavy atom. The summed E-state index contributed by atoms with van der Waals surface area (Å²) in [5.74, 6) is 0.503. The van der Waals surface area contributed by atoms with Crippen molar-refractivity contribution in [1.82, 2.24) is 4.98 Å². The van der Waals surface area contributed by atoms with E-state index in [1.165, 1.54) is 0 Å². The molecule has 1 aromatic carbocycles. The van der Waals surface area contributed by atoms with Crippen LogP contribution < -0.4 is 10.1 Å². The highest BCUT2D eigenvalue weighted by molar-refractivity contribution is 9.10. The Kier molecular flexibility index (Phi) is 3.49. The van der Waals surface area contributed by atoms with Crippen LogP contribution in [-0.2, 0) is 0 Å². The molecule has 5 heteroatoms. The van der Waals surface area contributed by atoms with Crippen molar-refractivity contribution in [3.05, 3.63) is 46.7 Å². The third kappa shape index (κ3) is 2.68. The minimum atomic E-state index is -0.199. The van der Waals surface area contributed by atoms with E-state index in [-0.39, 0.29) is 5.91 Å². The average Bonchev–Trinajstić information content (AvgIpc) is 2.76. The predicted octanol–water partition coefficient (Wildman–Crippen LogP) is 3.04. The third-order valence-electron chi connectivity index (χ3n) is 2.25. The molecule has 2 aromatic rings. The van der Waals surface area contributed by atoms with Crippen molar-refractivity contribution in [3.63, 3.8) is 0 Å². The van der Waals surface area contributed by atoms with Crippen LogP contribution in [0.25, 0.3) is 0 Å². The molecule has 0 aliphatic carbocycles. The molecule has 0 saturated carbocycles. The molecule has 0 radical (unpaired) electrons. The van der Waals surface area contributed by atoms with Gasteiger partial charge in [0.25, 0.3) is 5.91 Å². The number of amides is 1. The number of ether oxygens (including phenoxy) is 1. The van der Waals surface area contributed by atoms with Crippen LogP contribution in [0.1, 0.15) is 10.5 Å². The van der Waals surface area contributed by atoms with Gasteiger partial charge < -0.3 is 15.0 Å². The molecule has 0 spiro atoms. The number of aromatic nitrogens is 1. The summed E-state index contributed by atoms with van der Waals surface area (Å²) in [5, 5.41) is 2.78. The van der Waals surface area contributed by atoms with Crippen LogP contribution in [-0.4, -0.2) is 18.0 Å². The fourth-order valence-corrected chi connectivity index (χ4v) is 1.85. The van der Waals surface area contributed by atoms with Gasteiger partial charge in [0.15, 0.2) is 0 Å². The van der Waals surface area contributed by atoms with Gasteiger partial charge in [-0.2, -0.15) is 0 Å². The number of hydrogen-bond acceptors (Lipinski definition) is 2. The molecule has 4 nitrogen and oxygen atoms in total. The van der Waals surface area contributed by atoms with E-state index >= 15 is 0 Å². The molecule has 2 rings (SSSR count). The van der Waals surface area contributed by atoms with Gasteiger partial charge in [-0.3, -0.25) is 4.79 Å². The first-order valence-corrected chi connectivity index (χ1v) is 5.78. The number of rotatable bonds is 3. The van der Waals surface area contributed by atoms with Crippen LogP contribution >= 0.6 is 15.9 Å². The summed E-state index contributed by atoms with van der Waals surface area (Å²) in [5.41, 5.74) is 1.18. The Labute approximate surface area is 107 Å². The predicted molar refractivity (Wildman–Crippen MR) is 69.4 cm³/mol. The Bertz CT molecular complexity index is 537. The summed E-state index contributed by atoms with van der Waals surface area (Å²) in [7, 11) is 1.59. The van der Waals surface area contributed by atoms with Crippen LogP contribution in [0.4, 0.5) is 5.69 Å². The maximum absolute atomic E-state index is 11.9. The minimum absolute atomic E-state index is 0.199. The van der Waals surface area contributed by atoms with Crippen molar-refractivity contribution in [3.8, 4) is 5.75 Å². The second-order valence-electron chi connectivity index (χ2n) is 3.39. The summed E-state index contributed by atoms with van der Waals surface area (Å²) in [6, 6.07) is 8.98. The van der Waals surface area contributed by atoms with Crippen molar-refractivity contribution >= 4 is 27.5 Å². The van der Waals surface area contributed by atoms with Gasteiger partial charge in [-0.1, -0.05) is 6.07 Å². The summed E-state index contributed by atoms with van der Waals surface area (Å²) in [6.45, 7) is 0. The van der Waals surface area contributed by atoms with Gasteiger partial charge in [0.2, 0.25) is 0 Å². The van der Waals surface area contributed by atoms with E-state index in [0.717, 1.165) is 4.47 Å². The first kappa shape index (κ1) is 11.7. The van der Waals surface area contributed by atoms with Crippen LogP contribution in [0.15, 0.2) is 41.0 Å². The Hall–Kier alpha value is -1.75. The highest BCUT2D eigenvalue weighted by atomic mass is 79.9. The second-order valence-corrected chi connectivity index (χ2v) is 4.24. The molecule has 1 amide bonds. The van der Waals surface area contributed by atoms with Crippen molar-refractivity contribution in [2.45, 2.75) is 0 Å². The quantitative estimate of drug-likeness (QED) is 0.914. The summed E-state index contributed by atoms with van der Waals surface area (Å²) in [6.07, 6.45) is 1.70. The highest BCUT2D eigenvalue weighted by Crippen LogP contribution is 2.19. The van der Waals surface area contributed by atoms with Gasteiger partial charge in [-0.15, -0.1) is 0 Å². The molecule has 0 atom stereocenters. The van der Waals surface area contributed by atoms with Crippen LogP contribution in [0.2, 0.25) is 0 Å². The lowest BCUT2D eigenvalue weighted by Gasteiger charge is -2.06. The Balaban J connectivity index is 2.16. The average molecular weight is 295 g/mol. The van der Waals surface area contributed by atoms with Gasteiger partial charge in [-0.05, 0) is 34.1 Å². The summed E-state index contributed by atoms with van der Waals surface area (Å²) in [4.78, 5) is 14.7. The standard InChI is InChI=1S/C12H11BrN2O2/c1-17-9-4-2-3-8(7-9)15-12(16)11-10(13)5-6-14-11/h2-7,14H,1H3,(H,15,16). The molecule has 17 heavy (non-hydrogen) atoms. The van der Waals surface area contributed by atoms with Crippen LogP contribution in [0, 0.1) is 0 Å². The lowest BCUT2D eigenvalue weighted by atomic mass is 10.3. The first-order chi connectivity index (χ1) is 8.20. The number of anilines is 1. The fraction of sp³-hybridized carbons (Fsp3) is 0.0833.